The lowest BCUT2D eigenvalue weighted by Crippen LogP contribution is -2.62. The first-order valence-electron chi connectivity index (χ1n) is 14.5. The zero-order valence-corrected chi connectivity index (χ0v) is 22.4. The van der Waals surface area contributed by atoms with Crippen LogP contribution >= 0.6 is 0 Å². The Balaban J connectivity index is 1.06. The third-order valence-electron chi connectivity index (χ3n) is 10.1. The van der Waals surface area contributed by atoms with Gasteiger partial charge in [-0.2, -0.15) is 0 Å². The van der Waals surface area contributed by atoms with Crippen LogP contribution in [0.5, 0.6) is 0 Å². The molecule has 6 aliphatic heterocycles. The van der Waals surface area contributed by atoms with Crippen molar-refractivity contribution >= 4 is 23.4 Å². The molecule has 3 unspecified atom stereocenters. The highest BCUT2D eigenvalue weighted by Gasteiger charge is 2.56. The fraction of sp³-hybridized carbons (Fsp3) is 0.679. The van der Waals surface area contributed by atoms with Crippen molar-refractivity contribution in [2.45, 2.75) is 49.3 Å². The lowest BCUT2D eigenvalue weighted by Gasteiger charge is -2.45. The maximum atomic E-state index is 14.1. The Morgan fingerprint density at radius 2 is 1.82 bits per heavy atom. The molecule has 3 atom stereocenters. The first-order valence-corrected chi connectivity index (χ1v) is 14.5. The second-order valence-corrected chi connectivity index (χ2v) is 12.2. The molecular weight excluding hydrogens is 498 g/mol. The zero-order chi connectivity index (χ0) is 26.6. The van der Waals surface area contributed by atoms with Crippen LogP contribution in [0.25, 0.3) is 0 Å². The smallest absolute Gasteiger partial charge is 0.250 e. The van der Waals surface area contributed by atoms with Crippen LogP contribution in [0.1, 0.15) is 32.1 Å². The minimum atomic E-state index is -0.740. The number of rotatable bonds is 4. The molecule has 6 fully saturated rings. The third kappa shape index (κ3) is 4.13. The first-order chi connectivity index (χ1) is 19.0. The highest BCUT2D eigenvalue weighted by atomic mass is 16.5. The standard InChI is InChI=1S/C28H39N7O4/c36-23(34-10-4-7-27(34)17-39-18-27)16-33-19-35(22-5-2-1-3-6-22)28(26(33)38)8-11-32(12-9-28)25(37)21-13-20-15-30-31-24(20)29-14-21/h1-3,5-6,20-21,24,29-31H,4,7-19H2. The Morgan fingerprint density at radius 1 is 1.03 bits per heavy atom. The average Bonchev–Trinajstić information content (AvgIpc) is 3.67. The van der Waals surface area contributed by atoms with Gasteiger partial charge >= 0.3 is 0 Å². The van der Waals surface area contributed by atoms with Crippen LogP contribution in [0.3, 0.4) is 0 Å². The van der Waals surface area contributed by atoms with Crippen molar-refractivity contribution in [1.82, 2.24) is 30.9 Å². The van der Waals surface area contributed by atoms with Gasteiger partial charge in [0.1, 0.15) is 12.1 Å². The number of nitrogens with zero attached hydrogens (tertiary/aromatic N) is 4. The van der Waals surface area contributed by atoms with E-state index < -0.39 is 5.54 Å². The SMILES string of the molecule is O=C(C1CNC2NNCC2C1)N1CCC2(CC1)C(=O)N(CC(=O)N1CCCC13COC3)CN2c1ccccc1. The predicted molar refractivity (Wildman–Crippen MR) is 143 cm³/mol. The Hall–Kier alpha value is -2.73. The van der Waals surface area contributed by atoms with Gasteiger partial charge in [-0.25, -0.2) is 5.43 Å². The van der Waals surface area contributed by atoms with Gasteiger partial charge in [-0.3, -0.25) is 25.1 Å². The van der Waals surface area contributed by atoms with Gasteiger partial charge in [0, 0.05) is 44.3 Å². The van der Waals surface area contributed by atoms with Crippen molar-refractivity contribution in [2.24, 2.45) is 11.8 Å². The van der Waals surface area contributed by atoms with E-state index in [1.54, 1.807) is 4.90 Å². The molecule has 1 aromatic carbocycles. The lowest BCUT2D eigenvalue weighted by molar-refractivity contribution is -0.161. The fourth-order valence-corrected chi connectivity index (χ4v) is 7.77. The van der Waals surface area contributed by atoms with Gasteiger partial charge in [-0.1, -0.05) is 18.2 Å². The molecule has 11 nitrogen and oxygen atoms in total. The summed E-state index contributed by atoms with van der Waals surface area (Å²) in [6.07, 6.45) is 4.18. The Labute approximate surface area is 229 Å². The lowest BCUT2D eigenvalue weighted by atomic mass is 9.83. The van der Waals surface area contributed by atoms with Crippen LogP contribution in [0.2, 0.25) is 0 Å². The molecular formula is C28H39N7O4. The van der Waals surface area contributed by atoms with Gasteiger partial charge in [-0.15, -0.1) is 0 Å². The summed E-state index contributed by atoms with van der Waals surface area (Å²) in [4.78, 5) is 48.9. The van der Waals surface area contributed by atoms with E-state index in [2.05, 4.69) is 21.1 Å². The van der Waals surface area contributed by atoms with Gasteiger partial charge in [0.25, 0.3) is 5.91 Å². The number of hydrogen-bond acceptors (Lipinski definition) is 8. The van der Waals surface area contributed by atoms with E-state index in [-0.39, 0.29) is 41.9 Å². The number of fused-ring (bicyclic) bond motifs is 1. The molecule has 3 amide bonds. The normalized spacial score (nSPS) is 31.2. The molecule has 0 aliphatic carbocycles. The van der Waals surface area contributed by atoms with E-state index >= 15 is 0 Å². The van der Waals surface area contributed by atoms with Crippen LogP contribution in [0.4, 0.5) is 5.69 Å². The van der Waals surface area contributed by atoms with Crippen LogP contribution in [0.15, 0.2) is 30.3 Å². The molecule has 0 aromatic heterocycles. The average molecular weight is 538 g/mol. The van der Waals surface area contributed by atoms with Gasteiger partial charge in [-0.05, 0) is 44.2 Å². The van der Waals surface area contributed by atoms with Crippen molar-refractivity contribution in [3.63, 3.8) is 0 Å². The number of para-hydroxylation sites is 1. The topological polar surface area (TPSA) is 109 Å². The molecule has 0 saturated carbocycles. The number of piperidine rings is 2. The molecule has 0 bridgehead atoms. The highest BCUT2D eigenvalue weighted by Crippen LogP contribution is 2.41. The predicted octanol–water partition coefficient (Wildman–Crippen LogP) is -0.295. The van der Waals surface area contributed by atoms with Crippen LogP contribution < -0.4 is 21.1 Å². The number of anilines is 1. The van der Waals surface area contributed by atoms with Gasteiger partial charge in [0.05, 0.1) is 37.5 Å². The fourth-order valence-electron chi connectivity index (χ4n) is 7.77. The first kappa shape index (κ1) is 25.3. The molecule has 0 radical (unpaired) electrons. The zero-order valence-electron chi connectivity index (χ0n) is 22.4. The van der Waals surface area contributed by atoms with E-state index in [0.717, 1.165) is 38.0 Å². The van der Waals surface area contributed by atoms with Crippen molar-refractivity contribution in [1.29, 1.82) is 0 Å². The van der Waals surface area contributed by atoms with Crippen LogP contribution in [-0.4, -0.2) is 109 Å². The number of carbonyl (C=O) groups excluding carboxylic acids is 3. The number of hydrazine groups is 1. The summed E-state index contributed by atoms with van der Waals surface area (Å²) < 4.78 is 5.47. The summed E-state index contributed by atoms with van der Waals surface area (Å²) in [6, 6.07) is 10.0. The third-order valence-corrected chi connectivity index (χ3v) is 10.1. The summed E-state index contributed by atoms with van der Waals surface area (Å²) in [5.74, 6) is 0.578. The summed E-state index contributed by atoms with van der Waals surface area (Å²) in [7, 11) is 0. The number of nitrogens with one attached hydrogen (secondary N) is 3. The van der Waals surface area contributed by atoms with Crippen molar-refractivity contribution < 1.29 is 19.1 Å². The van der Waals surface area contributed by atoms with E-state index in [4.69, 9.17) is 4.74 Å². The van der Waals surface area contributed by atoms with Crippen molar-refractivity contribution in [3.05, 3.63) is 30.3 Å². The molecule has 210 valence electrons. The van der Waals surface area contributed by atoms with E-state index in [1.807, 2.05) is 40.1 Å². The van der Waals surface area contributed by atoms with E-state index in [1.165, 1.54) is 0 Å². The number of carbonyl (C=O) groups is 3. The maximum Gasteiger partial charge on any atom is 0.250 e. The largest absolute Gasteiger partial charge is 0.376 e. The van der Waals surface area contributed by atoms with Crippen molar-refractivity contribution in [2.75, 3.05) is 64.1 Å². The number of ether oxygens (including phenoxy) is 1. The molecule has 11 heteroatoms. The number of hydrogen-bond donors (Lipinski definition) is 3. The highest BCUT2D eigenvalue weighted by molar-refractivity contribution is 5.96. The second-order valence-electron chi connectivity index (χ2n) is 12.2. The monoisotopic (exact) mass is 537 g/mol. The maximum absolute atomic E-state index is 14.1. The molecule has 3 N–H and O–H groups in total. The summed E-state index contributed by atoms with van der Waals surface area (Å²) in [6.45, 7) is 5.03. The Kier molecular flexibility index (Phi) is 6.30. The quantitative estimate of drug-likeness (QED) is 0.481. The molecule has 6 saturated heterocycles. The number of likely N-dealkylation sites (tertiary alicyclic amines) is 2. The van der Waals surface area contributed by atoms with Crippen LogP contribution in [-0.2, 0) is 19.1 Å². The van der Waals surface area contributed by atoms with Gasteiger partial charge in [0.2, 0.25) is 11.8 Å². The van der Waals surface area contributed by atoms with Gasteiger partial charge < -0.3 is 24.3 Å². The van der Waals surface area contributed by atoms with E-state index in [0.29, 0.717) is 58.3 Å². The molecule has 7 rings (SSSR count). The summed E-state index contributed by atoms with van der Waals surface area (Å²) in [5, 5.41) is 3.46. The van der Waals surface area contributed by atoms with Crippen molar-refractivity contribution in [3.8, 4) is 0 Å². The number of amides is 3. The number of benzene rings is 1. The Morgan fingerprint density at radius 3 is 2.56 bits per heavy atom. The minimum absolute atomic E-state index is 0.00943. The minimum Gasteiger partial charge on any atom is -0.376 e. The summed E-state index contributed by atoms with van der Waals surface area (Å²) >= 11 is 0. The Bertz CT molecular complexity index is 1120. The van der Waals surface area contributed by atoms with Crippen LogP contribution in [0, 0.1) is 11.8 Å². The second kappa shape index (κ2) is 9.72. The molecule has 2 spiro atoms. The van der Waals surface area contributed by atoms with Gasteiger partial charge in [0.15, 0.2) is 0 Å². The molecule has 6 heterocycles. The summed E-state index contributed by atoms with van der Waals surface area (Å²) in [5.41, 5.74) is 6.50. The molecule has 6 aliphatic rings. The molecule has 39 heavy (non-hydrogen) atoms. The molecule has 1 aromatic rings. The van der Waals surface area contributed by atoms with E-state index in [9.17, 15) is 14.4 Å².